The first-order valence-electron chi connectivity index (χ1n) is 9.20. The molecule has 0 amide bonds. The third-order valence-corrected chi connectivity index (χ3v) is 4.45. The molecule has 0 unspecified atom stereocenters. The van der Waals surface area contributed by atoms with Crippen molar-refractivity contribution in [2.75, 3.05) is 0 Å². The van der Waals surface area contributed by atoms with E-state index in [2.05, 4.69) is 4.98 Å². The van der Waals surface area contributed by atoms with Crippen LogP contribution < -0.4 is 9.47 Å². The molecule has 0 aliphatic heterocycles. The number of carbonyl (C=O) groups is 1. The van der Waals surface area contributed by atoms with Crippen LogP contribution in [0.25, 0.3) is 10.9 Å². The molecule has 0 radical (unpaired) electrons. The largest absolute Gasteiger partial charge is 0.488 e. The van der Waals surface area contributed by atoms with Crippen LogP contribution in [0, 0.1) is 0 Å². The fourth-order valence-electron chi connectivity index (χ4n) is 3.00. The van der Waals surface area contributed by atoms with Crippen molar-refractivity contribution in [3.8, 4) is 11.5 Å². The van der Waals surface area contributed by atoms with Crippen molar-refractivity contribution in [3.05, 3.63) is 102 Å². The Morgan fingerprint density at radius 1 is 0.828 bits per heavy atom. The van der Waals surface area contributed by atoms with Crippen LogP contribution in [0.15, 0.2) is 84.9 Å². The number of ether oxygens (including phenoxy) is 2. The molecule has 0 fully saturated rings. The third kappa shape index (κ3) is 4.52. The second-order valence-electron chi connectivity index (χ2n) is 6.52. The molecule has 4 aromatic rings. The van der Waals surface area contributed by atoms with Crippen LogP contribution in [0.2, 0.25) is 0 Å². The standard InChI is InChI=1S/C24H19NO4/c26-24(27)21-9-2-4-11-23(21)29-15-17-6-5-8-20(14-17)28-16-19-13-12-18-7-1-3-10-22(18)25-19/h1-14H,15-16H2,(H,26,27). The van der Waals surface area contributed by atoms with Crippen molar-refractivity contribution in [3.63, 3.8) is 0 Å². The zero-order valence-electron chi connectivity index (χ0n) is 15.6. The van der Waals surface area contributed by atoms with Gasteiger partial charge < -0.3 is 14.6 Å². The lowest BCUT2D eigenvalue weighted by molar-refractivity contribution is 0.0691. The Labute approximate surface area is 168 Å². The van der Waals surface area contributed by atoms with Gasteiger partial charge in [-0.1, -0.05) is 48.5 Å². The number of para-hydroxylation sites is 2. The highest BCUT2D eigenvalue weighted by Crippen LogP contribution is 2.21. The highest BCUT2D eigenvalue weighted by molar-refractivity contribution is 5.90. The summed E-state index contributed by atoms with van der Waals surface area (Å²) in [4.78, 5) is 15.9. The first-order valence-corrected chi connectivity index (χ1v) is 9.20. The number of carboxylic acid groups (broad SMARTS) is 1. The second-order valence-corrected chi connectivity index (χ2v) is 6.52. The van der Waals surface area contributed by atoms with Crippen molar-refractivity contribution >= 4 is 16.9 Å². The summed E-state index contributed by atoms with van der Waals surface area (Å²) >= 11 is 0. The molecule has 0 saturated heterocycles. The van der Waals surface area contributed by atoms with Gasteiger partial charge in [-0.2, -0.15) is 0 Å². The smallest absolute Gasteiger partial charge is 0.339 e. The van der Waals surface area contributed by atoms with E-state index in [9.17, 15) is 9.90 Å². The van der Waals surface area contributed by atoms with E-state index in [0.29, 0.717) is 18.1 Å². The van der Waals surface area contributed by atoms with E-state index >= 15 is 0 Å². The van der Waals surface area contributed by atoms with Gasteiger partial charge in [-0.15, -0.1) is 0 Å². The number of aromatic carboxylic acids is 1. The molecule has 1 heterocycles. The number of aromatic nitrogens is 1. The van der Waals surface area contributed by atoms with Crippen molar-refractivity contribution in [2.45, 2.75) is 13.2 Å². The lowest BCUT2D eigenvalue weighted by atomic mass is 10.2. The topological polar surface area (TPSA) is 68.7 Å². The fraction of sp³-hybridized carbons (Fsp3) is 0.0833. The third-order valence-electron chi connectivity index (χ3n) is 4.45. The molecule has 4 rings (SSSR count). The van der Waals surface area contributed by atoms with E-state index in [-0.39, 0.29) is 12.2 Å². The van der Waals surface area contributed by atoms with E-state index in [1.54, 1.807) is 18.2 Å². The molecule has 1 aromatic heterocycles. The Hall–Kier alpha value is -3.86. The zero-order valence-corrected chi connectivity index (χ0v) is 15.6. The summed E-state index contributed by atoms with van der Waals surface area (Å²) in [6.07, 6.45) is 0. The van der Waals surface area contributed by atoms with Crippen molar-refractivity contribution in [2.24, 2.45) is 0 Å². The predicted octanol–water partition coefficient (Wildman–Crippen LogP) is 5.09. The molecule has 29 heavy (non-hydrogen) atoms. The van der Waals surface area contributed by atoms with Crippen LogP contribution in [0.5, 0.6) is 11.5 Å². The average molecular weight is 385 g/mol. The number of pyridine rings is 1. The van der Waals surface area contributed by atoms with Crippen LogP contribution in [0.3, 0.4) is 0 Å². The van der Waals surface area contributed by atoms with Gasteiger partial charge in [-0.3, -0.25) is 0 Å². The summed E-state index contributed by atoms with van der Waals surface area (Å²) in [6.45, 7) is 0.604. The molecule has 5 nitrogen and oxygen atoms in total. The summed E-state index contributed by atoms with van der Waals surface area (Å²) < 4.78 is 11.6. The Bertz CT molecular complexity index is 1160. The first-order chi connectivity index (χ1) is 14.2. The summed E-state index contributed by atoms with van der Waals surface area (Å²) in [5, 5.41) is 10.3. The number of nitrogens with zero attached hydrogens (tertiary/aromatic N) is 1. The Morgan fingerprint density at radius 2 is 1.66 bits per heavy atom. The molecule has 0 spiro atoms. The van der Waals surface area contributed by atoms with E-state index in [4.69, 9.17) is 9.47 Å². The van der Waals surface area contributed by atoms with Crippen LogP contribution >= 0.6 is 0 Å². The molecule has 144 valence electrons. The van der Waals surface area contributed by atoms with Gasteiger partial charge in [0.1, 0.15) is 30.3 Å². The van der Waals surface area contributed by atoms with Crippen molar-refractivity contribution in [1.29, 1.82) is 0 Å². The number of hydrogen-bond acceptors (Lipinski definition) is 4. The van der Waals surface area contributed by atoms with Crippen molar-refractivity contribution in [1.82, 2.24) is 4.98 Å². The molecule has 0 saturated carbocycles. The average Bonchev–Trinajstić information content (AvgIpc) is 2.76. The van der Waals surface area contributed by atoms with E-state index in [0.717, 1.165) is 22.2 Å². The van der Waals surface area contributed by atoms with E-state index < -0.39 is 5.97 Å². The zero-order chi connectivity index (χ0) is 20.1. The SMILES string of the molecule is O=C(O)c1ccccc1OCc1cccc(OCc2ccc3ccccc3n2)c1. The minimum absolute atomic E-state index is 0.141. The van der Waals surface area contributed by atoms with Gasteiger partial charge in [0.05, 0.1) is 11.2 Å². The van der Waals surface area contributed by atoms with Crippen LogP contribution in [-0.2, 0) is 13.2 Å². The molecule has 3 aromatic carbocycles. The predicted molar refractivity (Wildman–Crippen MR) is 110 cm³/mol. The highest BCUT2D eigenvalue weighted by atomic mass is 16.5. The molecule has 0 aliphatic rings. The van der Waals surface area contributed by atoms with Crippen LogP contribution in [0.4, 0.5) is 0 Å². The molecule has 0 aliphatic carbocycles. The normalized spacial score (nSPS) is 10.6. The lowest BCUT2D eigenvalue weighted by Gasteiger charge is -2.11. The van der Waals surface area contributed by atoms with Gasteiger partial charge in [-0.25, -0.2) is 9.78 Å². The fourth-order valence-corrected chi connectivity index (χ4v) is 3.00. The van der Waals surface area contributed by atoms with Crippen molar-refractivity contribution < 1.29 is 19.4 Å². The van der Waals surface area contributed by atoms with Gasteiger partial charge in [0.2, 0.25) is 0 Å². The Balaban J connectivity index is 1.41. The number of carboxylic acids is 1. The maximum Gasteiger partial charge on any atom is 0.339 e. The molecular weight excluding hydrogens is 366 g/mol. The van der Waals surface area contributed by atoms with Crippen LogP contribution in [0.1, 0.15) is 21.6 Å². The number of rotatable bonds is 7. The molecule has 0 atom stereocenters. The van der Waals surface area contributed by atoms with Gasteiger partial charge in [0.25, 0.3) is 0 Å². The quantitative estimate of drug-likeness (QED) is 0.480. The molecule has 5 heteroatoms. The maximum absolute atomic E-state index is 11.3. The van der Waals surface area contributed by atoms with Gasteiger partial charge in [0.15, 0.2) is 0 Å². The number of fused-ring (bicyclic) bond motifs is 1. The van der Waals surface area contributed by atoms with Gasteiger partial charge >= 0.3 is 5.97 Å². The molecular formula is C24H19NO4. The summed E-state index contributed by atoms with van der Waals surface area (Å²) in [7, 11) is 0. The molecule has 0 bridgehead atoms. The lowest BCUT2D eigenvalue weighted by Crippen LogP contribution is -2.03. The second kappa shape index (κ2) is 8.44. The highest BCUT2D eigenvalue weighted by Gasteiger charge is 2.10. The number of benzene rings is 3. The summed E-state index contributed by atoms with van der Waals surface area (Å²) in [6, 6.07) is 26.1. The summed E-state index contributed by atoms with van der Waals surface area (Å²) in [5.41, 5.74) is 2.81. The maximum atomic E-state index is 11.3. The monoisotopic (exact) mass is 385 g/mol. The van der Waals surface area contributed by atoms with E-state index in [1.165, 1.54) is 6.07 Å². The van der Waals surface area contributed by atoms with E-state index in [1.807, 2.05) is 60.7 Å². The molecule has 1 N–H and O–H groups in total. The van der Waals surface area contributed by atoms with Crippen LogP contribution in [-0.4, -0.2) is 16.1 Å². The minimum Gasteiger partial charge on any atom is -0.488 e. The Morgan fingerprint density at radius 3 is 2.55 bits per heavy atom. The first kappa shape index (κ1) is 18.5. The van der Waals surface area contributed by atoms with Gasteiger partial charge in [0, 0.05) is 5.39 Å². The minimum atomic E-state index is -1.01. The summed E-state index contributed by atoms with van der Waals surface area (Å²) in [5.74, 6) is 0.0276. The number of hydrogen-bond donors (Lipinski definition) is 1. The van der Waals surface area contributed by atoms with Gasteiger partial charge in [-0.05, 0) is 42.0 Å². The Kier molecular flexibility index (Phi) is 5.38.